The van der Waals surface area contributed by atoms with Crippen LogP contribution in [-0.4, -0.2) is 16.8 Å². The zero-order valence-corrected chi connectivity index (χ0v) is 11.9. The number of amides is 2. The Balaban J connectivity index is 2.16. The summed E-state index contributed by atoms with van der Waals surface area (Å²) in [4.78, 5) is 28.9. The average molecular weight is 288 g/mol. The first-order chi connectivity index (χ1) is 10.7. The molecule has 1 aliphatic rings. The minimum absolute atomic E-state index is 0.349. The van der Waals surface area contributed by atoms with Gasteiger partial charge >= 0.3 is 0 Å². The van der Waals surface area contributed by atoms with E-state index in [9.17, 15) is 9.59 Å². The maximum absolute atomic E-state index is 12.4. The second-order valence-electron chi connectivity index (χ2n) is 5.34. The Morgan fingerprint density at radius 2 is 1.77 bits per heavy atom. The summed E-state index contributed by atoms with van der Waals surface area (Å²) in [6, 6.07) is 13.1. The molecule has 1 N–H and O–H groups in total. The zero-order valence-electron chi connectivity index (χ0n) is 11.9. The standard InChI is InChI=1S/C18H12N2O2/c1-10-4-3-9-19-16(10)12-8-7-11-5-2-6-13-14(11)15(12)18(22)20-17(13)21/h2-9H,1H3,(H,20,21,22). The van der Waals surface area contributed by atoms with Crippen molar-refractivity contribution in [2.24, 2.45) is 0 Å². The van der Waals surface area contributed by atoms with Crippen molar-refractivity contribution in [3.63, 3.8) is 0 Å². The first kappa shape index (κ1) is 12.7. The molecule has 0 spiro atoms. The molecule has 4 nitrogen and oxygen atoms in total. The van der Waals surface area contributed by atoms with Crippen molar-refractivity contribution >= 4 is 22.6 Å². The second kappa shape index (κ2) is 4.49. The molecule has 0 fully saturated rings. The van der Waals surface area contributed by atoms with E-state index < -0.39 is 0 Å². The molecule has 0 atom stereocenters. The number of nitrogens with one attached hydrogen (secondary N) is 1. The molecule has 1 aliphatic heterocycles. The summed E-state index contributed by atoms with van der Waals surface area (Å²) in [6.07, 6.45) is 1.71. The van der Waals surface area contributed by atoms with Gasteiger partial charge in [0.2, 0.25) is 0 Å². The van der Waals surface area contributed by atoms with Gasteiger partial charge in [0.15, 0.2) is 0 Å². The van der Waals surface area contributed by atoms with Crippen molar-refractivity contribution in [2.45, 2.75) is 6.92 Å². The minimum Gasteiger partial charge on any atom is -0.288 e. The Morgan fingerprint density at radius 3 is 2.59 bits per heavy atom. The van der Waals surface area contributed by atoms with Crippen LogP contribution in [0.15, 0.2) is 48.7 Å². The molecule has 2 amide bonds. The largest absolute Gasteiger partial charge is 0.288 e. The van der Waals surface area contributed by atoms with E-state index >= 15 is 0 Å². The van der Waals surface area contributed by atoms with Crippen LogP contribution in [0.3, 0.4) is 0 Å². The predicted molar refractivity (Wildman–Crippen MR) is 83.7 cm³/mol. The topological polar surface area (TPSA) is 59.1 Å². The molecular formula is C18H12N2O2. The van der Waals surface area contributed by atoms with Crippen LogP contribution in [-0.2, 0) is 0 Å². The maximum Gasteiger partial charge on any atom is 0.259 e. The van der Waals surface area contributed by atoms with Gasteiger partial charge in [-0.25, -0.2) is 0 Å². The van der Waals surface area contributed by atoms with E-state index in [2.05, 4.69) is 10.3 Å². The van der Waals surface area contributed by atoms with Crippen molar-refractivity contribution in [1.82, 2.24) is 10.3 Å². The molecule has 0 bridgehead atoms. The molecule has 2 heterocycles. The third-order valence-electron chi connectivity index (χ3n) is 4.01. The minimum atomic E-state index is -0.366. The molecule has 2 aromatic carbocycles. The SMILES string of the molecule is Cc1cccnc1-c1ccc2cccc3c2c1C(=O)NC3=O. The van der Waals surface area contributed by atoms with Crippen molar-refractivity contribution < 1.29 is 9.59 Å². The number of nitrogens with zero attached hydrogens (tertiary/aromatic N) is 1. The molecule has 3 aromatic rings. The number of benzene rings is 2. The summed E-state index contributed by atoms with van der Waals surface area (Å²) < 4.78 is 0. The number of hydrogen-bond acceptors (Lipinski definition) is 3. The van der Waals surface area contributed by atoms with Gasteiger partial charge in [-0.1, -0.05) is 30.3 Å². The molecule has 0 saturated carbocycles. The number of carbonyl (C=O) groups is 2. The van der Waals surface area contributed by atoms with E-state index in [4.69, 9.17) is 0 Å². The molecule has 4 rings (SSSR count). The highest BCUT2D eigenvalue weighted by atomic mass is 16.2. The number of aromatic nitrogens is 1. The van der Waals surface area contributed by atoms with E-state index in [1.807, 2.05) is 43.3 Å². The summed E-state index contributed by atoms with van der Waals surface area (Å²) in [7, 11) is 0. The normalized spacial score (nSPS) is 13.3. The first-order valence-corrected chi connectivity index (χ1v) is 7.00. The molecule has 4 heteroatoms. The highest BCUT2D eigenvalue weighted by Crippen LogP contribution is 2.34. The van der Waals surface area contributed by atoms with Gasteiger partial charge in [-0.2, -0.15) is 0 Å². The Labute approximate surface area is 126 Å². The van der Waals surface area contributed by atoms with Gasteiger partial charge in [0.05, 0.1) is 11.3 Å². The summed E-state index contributed by atoms with van der Waals surface area (Å²) in [5, 5.41) is 4.01. The Morgan fingerprint density at radius 1 is 0.909 bits per heavy atom. The van der Waals surface area contributed by atoms with Gasteiger partial charge < -0.3 is 0 Å². The van der Waals surface area contributed by atoms with Gasteiger partial charge in [-0.05, 0) is 30.0 Å². The fourth-order valence-corrected chi connectivity index (χ4v) is 3.00. The molecule has 0 unspecified atom stereocenters. The number of aryl methyl sites for hydroxylation is 1. The van der Waals surface area contributed by atoms with Crippen molar-refractivity contribution in [3.05, 3.63) is 65.4 Å². The smallest absolute Gasteiger partial charge is 0.259 e. The summed E-state index contributed by atoms with van der Waals surface area (Å²) in [5.74, 6) is -0.715. The van der Waals surface area contributed by atoms with Gasteiger partial charge in [-0.15, -0.1) is 0 Å². The molecular weight excluding hydrogens is 276 g/mol. The van der Waals surface area contributed by atoms with E-state index in [1.54, 1.807) is 12.3 Å². The Kier molecular flexibility index (Phi) is 2.60. The van der Waals surface area contributed by atoms with Gasteiger partial charge in [-0.3, -0.25) is 19.9 Å². The maximum atomic E-state index is 12.4. The quantitative estimate of drug-likeness (QED) is 0.700. The van der Waals surface area contributed by atoms with Crippen molar-refractivity contribution in [1.29, 1.82) is 0 Å². The van der Waals surface area contributed by atoms with Crippen LogP contribution < -0.4 is 5.32 Å². The van der Waals surface area contributed by atoms with E-state index in [0.717, 1.165) is 22.2 Å². The fraction of sp³-hybridized carbons (Fsp3) is 0.0556. The molecule has 106 valence electrons. The lowest BCUT2D eigenvalue weighted by molar-refractivity contribution is 0.0845. The predicted octanol–water partition coefficient (Wildman–Crippen LogP) is 3.09. The van der Waals surface area contributed by atoms with Gasteiger partial charge in [0.1, 0.15) is 0 Å². The third kappa shape index (κ3) is 1.67. The van der Waals surface area contributed by atoms with Crippen molar-refractivity contribution in [2.75, 3.05) is 0 Å². The number of pyridine rings is 1. The van der Waals surface area contributed by atoms with Crippen molar-refractivity contribution in [3.8, 4) is 11.3 Å². The summed E-state index contributed by atoms with van der Waals surface area (Å²) in [6.45, 7) is 1.96. The molecule has 0 radical (unpaired) electrons. The Bertz CT molecular complexity index is 960. The highest BCUT2D eigenvalue weighted by molar-refractivity contribution is 6.27. The van der Waals surface area contributed by atoms with Crippen LogP contribution in [0.1, 0.15) is 26.3 Å². The molecule has 1 aromatic heterocycles. The summed E-state index contributed by atoms with van der Waals surface area (Å²) >= 11 is 0. The summed E-state index contributed by atoms with van der Waals surface area (Å²) in [5.41, 5.74) is 3.55. The number of rotatable bonds is 1. The molecule has 22 heavy (non-hydrogen) atoms. The third-order valence-corrected chi connectivity index (χ3v) is 4.01. The fourth-order valence-electron chi connectivity index (χ4n) is 3.00. The highest BCUT2D eigenvalue weighted by Gasteiger charge is 2.28. The number of carbonyl (C=O) groups excluding carboxylic acids is 2. The van der Waals surface area contributed by atoms with Crippen LogP contribution in [0, 0.1) is 6.92 Å². The van der Waals surface area contributed by atoms with Crippen LogP contribution in [0.4, 0.5) is 0 Å². The average Bonchev–Trinajstić information content (AvgIpc) is 2.52. The van der Waals surface area contributed by atoms with Crippen LogP contribution in [0.5, 0.6) is 0 Å². The van der Waals surface area contributed by atoms with Gasteiger partial charge in [0.25, 0.3) is 11.8 Å². The monoisotopic (exact) mass is 288 g/mol. The number of hydrogen-bond donors (Lipinski definition) is 1. The zero-order chi connectivity index (χ0) is 15.3. The van der Waals surface area contributed by atoms with Crippen LogP contribution >= 0.6 is 0 Å². The lowest BCUT2D eigenvalue weighted by Crippen LogP contribution is -2.35. The number of imide groups is 1. The first-order valence-electron chi connectivity index (χ1n) is 7.00. The molecule has 0 aliphatic carbocycles. The molecule has 0 saturated heterocycles. The van der Waals surface area contributed by atoms with E-state index in [1.165, 1.54) is 0 Å². The van der Waals surface area contributed by atoms with Crippen LogP contribution in [0.2, 0.25) is 0 Å². The van der Waals surface area contributed by atoms with Gasteiger partial charge in [0, 0.05) is 22.7 Å². The van der Waals surface area contributed by atoms with E-state index in [-0.39, 0.29) is 11.8 Å². The lowest BCUT2D eigenvalue weighted by Gasteiger charge is -2.20. The van der Waals surface area contributed by atoms with Crippen LogP contribution in [0.25, 0.3) is 22.0 Å². The van der Waals surface area contributed by atoms with E-state index in [0.29, 0.717) is 16.5 Å². The Hall–Kier alpha value is -3.01. The lowest BCUT2D eigenvalue weighted by atomic mass is 9.89. The second-order valence-corrected chi connectivity index (χ2v) is 5.34.